The van der Waals surface area contributed by atoms with Crippen molar-refractivity contribution in [3.63, 3.8) is 0 Å². The first kappa shape index (κ1) is 17.4. The van der Waals surface area contributed by atoms with Crippen molar-refractivity contribution in [2.45, 2.75) is 6.92 Å². The van der Waals surface area contributed by atoms with Crippen molar-refractivity contribution in [3.05, 3.63) is 41.5 Å². The predicted molar refractivity (Wildman–Crippen MR) is 56.0 cm³/mol. The molecule has 0 atom stereocenters. The van der Waals surface area contributed by atoms with Gasteiger partial charge < -0.3 is 9.84 Å². The average Bonchev–Trinajstić information content (AvgIpc) is 2.32. The fraction of sp³-hybridized carbons (Fsp3) is 0.167. The summed E-state index contributed by atoms with van der Waals surface area (Å²) in [4.78, 5) is 22.1. The van der Waals surface area contributed by atoms with Crippen LogP contribution in [-0.4, -0.2) is 18.4 Å². The largest absolute Gasteiger partial charge is 1.00 e. The minimum Gasteiger partial charge on any atom is -0.872 e. The molecule has 0 fully saturated rings. The number of carbonyl (C=O) groups is 2. The second kappa shape index (κ2) is 7.72. The van der Waals surface area contributed by atoms with Crippen LogP contribution in [0.25, 0.3) is 5.76 Å². The minimum absolute atomic E-state index is 0. The van der Waals surface area contributed by atoms with Crippen LogP contribution < -0.4 is 24.0 Å². The Morgan fingerprint density at radius 3 is 2.58 bits per heavy atom. The molecular formula is C12H9F2LiO4. The Morgan fingerprint density at radius 2 is 2.00 bits per heavy atom. The van der Waals surface area contributed by atoms with E-state index in [1.54, 1.807) is 0 Å². The second-order valence-corrected chi connectivity index (χ2v) is 3.19. The van der Waals surface area contributed by atoms with Crippen LogP contribution in [0.5, 0.6) is 0 Å². The quantitative estimate of drug-likeness (QED) is 0.203. The van der Waals surface area contributed by atoms with Gasteiger partial charge in [-0.3, -0.25) is 4.79 Å². The fourth-order valence-corrected chi connectivity index (χ4v) is 1.15. The zero-order chi connectivity index (χ0) is 13.7. The molecule has 1 rings (SSSR count). The van der Waals surface area contributed by atoms with Gasteiger partial charge in [-0.25, -0.2) is 13.6 Å². The van der Waals surface area contributed by atoms with Gasteiger partial charge in [0, 0.05) is 5.56 Å². The van der Waals surface area contributed by atoms with Gasteiger partial charge in [-0.1, -0.05) is 17.9 Å². The molecule has 0 radical (unpaired) electrons. The van der Waals surface area contributed by atoms with Crippen molar-refractivity contribution >= 4 is 17.5 Å². The maximum Gasteiger partial charge on any atom is 1.00 e. The van der Waals surface area contributed by atoms with Crippen LogP contribution in [0, 0.1) is 11.6 Å². The Balaban J connectivity index is 0.00000324. The van der Waals surface area contributed by atoms with Gasteiger partial charge in [-0.15, -0.1) is 0 Å². The standard InChI is InChI=1S/C12H10F2O4.Li/c1-2-18-12(17)10(16)6-9(15)7-4-3-5-8(13)11(7)14;/h3-6,15H,2H2,1H3;/q;+1/p-1/b9-6-;. The van der Waals surface area contributed by atoms with E-state index in [9.17, 15) is 23.5 Å². The van der Waals surface area contributed by atoms with Crippen LogP contribution in [0.3, 0.4) is 0 Å². The molecule has 0 saturated heterocycles. The zero-order valence-corrected chi connectivity index (χ0v) is 10.4. The normalized spacial score (nSPS) is 10.6. The molecular weight excluding hydrogens is 253 g/mol. The van der Waals surface area contributed by atoms with E-state index in [0.717, 1.165) is 18.2 Å². The number of rotatable bonds is 4. The monoisotopic (exact) mass is 262 g/mol. The van der Waals surface area contributed by atoms with Crippen molar-refractivity contribution in [1.82, 2.24) is 0 Å². The molecule has 0 spiro atoms. The summed E-state index contributed by atoms with van der Waals surface area (Å²) in [5, 5.41) is 11.4. The van der Waals surface area contributed by atoms with Crippen LogP contribution in [0.4, 0.5) is 8.78 Å². The van der Waals surface area contributed by atoms with Gasteiger partial charge in [-0.05, 0) is 19.1 Å². The van der Waals surface area contributed by atoms with E-state index < -0.39 is 34.7 Å². The van der Waals surface area contributed by atoms with Crippen LogP contribution in [0.2, 0.25) is 0 Å². The van der Waals surface area contributed by atoms with Crippen molar-refractivity contribution in [3.8, 4) is 0 Å². The van der Waals surface area contributed by atoms with Crippen LogP contribution in [0.15, 0.2) is 24.3 Å². The molecule has 0 N–H and O–H groups in total. The van der Waals surface area contributed by atoms with Crippen LogP contribution in [-0.2, 0) is 14.3 Å². The van der Waals surface area contributed by atoms with E-state index in [2.05, 4.69) is 4.74 Å². The summed E-state index contributed by atoms with van der Waals surface area (Å²) in [6, 6.07) is 2.96. The zero-order valence-electron chi connectivity index (χ0n) is 10.4. The first-order valence-corrected chi connectivity index (χ1v) is 5.01. The third-order valence-electron chi connectivity index (χ3n) is 1.96. The Morgan fingerprint density at radius 1 is 1.37 bits per heavy atom. The first-order valence-electron chi connectivity index (χ1n) is 5.01. The van der Waals surface area contributed by atoms with Crippen molar-refractivity contribution in [1.29, 1.82) is 0 Å². The molecule has 0 aromatic heterocycles. The molecule has 0 saturated carbocycles. The van der Waals surface area contributed by atoms with E-state index in [0.29, 0.717) is 6.08 Å². The molecule has 1 aromatic rings. The molecule has 0 aliphatic heterocycles. The molecule has 19 heavy (non-hydrogen) atoms. The van der Waals surface area contributed by atoms with Crippen molar-refractivity contribution in [2.24, 2.45) is 0 Å². The maximum absolute atomic E-state index is 13.2. The molecule has 0 amide bonds. The summed E-state index contributed by atoms with van der Waals surface area (Å²) in [7, 11) is 0. The molecule has 7 heteroatoms. The number of hydrogen-bond acceptors (Lipinski definition) is 4. The molecule has 0 heterocycles. The summed E-state index contributed by atoms with van der Waals surface area (Å²) in [5.41, 5.74) is -0.618. The van der Waals surface area contributed by atoms with Gasteiger partial charge in [0.15, 0.2) is 11.6 Å². The van der Waals surface area contributed by atoms with Crippen molar-refractivity contribution in [2.75, 3.05) is 6.61 Å². The Hall–Kier alpha value is -1.64. The molecule has 0 aliphatic rings. The average molecular weight is 262 g/mol. The number of hydrogen-bond donors (Lipinski definition) is 0. The van der Waals surface area contributed by atoms with Crippen molar-refractivity contribution < 1.29 is 47.1 Å². The predicted octanol–water partition coefficient (Wildman–Crippen LogP) is -2.20. The number of ether oxygens (including phenoxy) is 1. The molecule has 4 nitrogen and oxygen atoms in total. The Bertz CT molecular complexity index is 514. The third kappa shape index (κ3) is 4.51. The Kier molecular flexibility index (Phi) is 7.05. The molecule has 0 bridgehead atoms. The van der Waals surface area contributed by atoms with E-state index in [4.69, 9.17) is 0 Å². The molecule has 1 aromatic carbocycles. The van der Waals surface area contributed by atoms with Gasteiger partial charge in [-0.2, -0.15) is 0 Å². The fourth-order valence-electron chi connectivity index (χ4n) is 1.15. The van der Waals surface area contributed by atoms with E-state index >= 15 is 0 Å². The summed E-state index contributed by atoms with van der Waals surface area (Å²) < 4.78 is 30.4. The smallest absolute Gasteiger partial charge is 0.872 e. The van der Waals surface area contributed by atoms with E-state index in [1.807, 2.05) is 0 Å². The Labute approximate surface area is 120 Å². The second-order valence-electron chi connectivity index (χ2n) is 3.19. The van der Waals surface area contributed by atoms with E-state index in [-0.39, 0.29) is 25.5 Å². The summed E-state index contributed by atoms with van der Waals surface area (Å²) in [6.45, 7) is 1.46. The number of halogens is 2. The molecule has 0 aliphatic carbocycles. The summed E-state index contributed by atoms with van der Waals surface area (Å²) in [6.07, 6.45) is 0.371. The third-order valence-corrected chi connectivity index (χ3v) is 1.96. The summed E-state index contributed by atoms with van der Waals surface area (Å²) >= 11 is 0. The first-order chi connectivity index (χ1) is 8.47. The molecule has 96 valence electrons. The minimum atomic E-state index is -1.37. The number of benzene rings is 1. The summed E-state index contributed by atoms with van der Waals surface area (Å²) in [5.74, 6) is -6.11. The SMILES string of the molecule is CCOC(=O)C(=O)/C=C(\[O-])c1cccc(F)c1F.[Li+]. The number of ketones is 1. The number of carbonyl (C=O) groups excluding carboxylic acids is 2. The van der Waals surface area contributed by atoms with Gasteiger partial charge >= 0.3 is 24.8 Å². The van der Waals surface area contributed by atoms with E-state index in [1.165, 1.54) is 6.92 Å². The van der Waals surface area contributed by atoms with Gasteiger partial charge in [0.25, 0.3) is 5.78 Å². The van der Waals surface area contributed by atoms with Crippen LogP contribution in [0.1, 0.15) is 12.5 Å². The van der Waals surface area contributed by atoms with Gasteiger partial charge in [0.2, 0.25) is 0 Å². The topological polar surface area (TPSA) is 66.4 Å². The van der Waals surface area contributed by atoms with Crippen LogP contribution >= 0.6 is 0 Å². The molecule has 0 unspecified atom stereocenters. The number of esters is 1. The van der Waals surface area contributed by atoms with Gasteiger partial charge in [0.1, 0.15) is 0 Å². The van der Waals surface area contributed by atoms with Gasteiger partial charge in [0.05, 0.1) is 6.61 Å². The maximum atomic E-state index is 13.2.